The van der Waals surface area contributed by atoms with Crippen LogP contribution in [0.25, 0.3) is 0 Å². The Labute approximate surface area is 151 Å². The Balaban J connectivity index is 1.46. The van der Waals surface area contributed by atoms with E-state index in [-0.39, 0.29) is 23.8 Å². The third-order valence-corrected chi connectivity index (χ3v) is 5.34. The van der Waals surface area contributed by atoms with Crippen LogP contribution in [-0.4, -0.2) is 46.4 Å². The molecule has 0 saturated carbocycles. The molecular weight excluding hydrogens is 334 g/mol. The Morgan fingerprint density at radius 3 is 2.81 bits per heavy atom. The number of hydrogen-bond acceptors (Lipinski definition) is 5. The Morgan fingerprint density at radius 1 is 1.23 bits per heavy atom. The summed E-state index contributed by atoms with van der Waals surface area (Å²) in [6, 6.07) is 3.53. The van der Waals surface area contributed by atoms with Crippen LogP contribution in [0.15, 0.2) is 33.6 Å². The Kier molecular flexibility index (Phi) is 4.53. The van der Waals surface area contributed by atoms with Crippen molar-refractivity contribution < 1.29 is 18.5 Å². The Bertz CT molecular complexity index is 783. The number of hydrogen-bond donors (Lipinski definition) is 0. The van der Waals surface area contributed by atoms with Crippen molar-refractivity contribution in [3.63, 3.8) is 0 Å². The molecule has 7 heteroatoms. The van der Waals surface area contributed by atoms with Crippen molar-refractivity contribution in [3.8, 4) is 0 Å². The summed E-state index contributed by atoms with van der Waals surface area (Å²) in [6.07, 6.45) is 6.45. The molecule has 0 aromatic carbocycles. The third kappa shape index (κ3) is 3.13. The summed E-state index contributed by atoms with van der Waals surface area (Å²) in [5.41, 5.74) is 1.36. The van der Waals surface area contributed by atoms with Gasteiger partial charge in [-0.3, -0.25) is 9.59 Å². The second-order valence-corrected chi connectivity index (χ2v) is 7.16. The number of piperidine rings is 1. The minimum Gasteiger partial charge on any atom is -0.472 e. The predicted octanol–water partition coefficient (Wildman–Crippen LogP) is 2.79. The molecule has 26 heavy (non-hydrogen) atoms. The first kappa shape index (κ1) is 16.9. The minimum atomic E-state index is -0.163. The lowest BCUT2D eigenvalue weighted by Gasteiger charge is -2.35. The zero-order chi connectivity index (χ0) is 18.1. The third-order valence-electron chi connectivity index (χ3n) is 5.34. The average molecular weight is 357 g/mol. The van der Waals surface area contributed by atoms with Crippen molar-refractivity contribution in [1.82, 2.24) is 15.0 Å². The van der Waals surface area contributed by atoms with Gasteiger partial charge in [0, 0.05) is 25.7 Å². The van der Waals surface area contributed by atoms with Crippen LogP contribution in [0.5, 0.6) is 0 Å². The summed E-state index contributed by atoms with van der Waals surface area (Å²) in [6.45, 7) is 3.75. The molecule has 0 unspecified atom stereocenters. The summed E-state index contributed by atoms with van der Waals surface area (Å²) in [5, 5.41) is 3.96. The molecule has 2 fully saturated rings. The molecule has 0 aliphatic carbocycles. The molecule has 138 valence electrons. The maximum atomic E-state index is 13.2. The van der Waals surface area contributed by atoms with Gasteiger partial charge >= 0.3 is 0 Å². The SMILES string of the molecule is Cc1cc([C@@H]2CCCN2C(=O)[C@H]2CCCN(C(=O)c3ccoc3)C2)on1. The Morgan fingerprint density at radius 2 is 2.08 bits per heavy atom. The second kappa shape index (κ2) is 6.97. The minimum absolute atomic E-state index is 0.0383. The molecule has 0 N–H and O–H groups in total. The van der Waals surface area contributed by atoms with Crippen LogP contribution in [0.4, 0.5) is 0 Å². The molecule has 2 atom stereocenters. The Hall–Kier alpha value is -2.57. The molecule has 4 rings (SSSR count). The molecule has 7 nitrogen and oxygen atoms in total. The predicted molar refractivity (Wildman–Crippen MR) is 92.3 cm³/mol. The molecule has 2 saturated heterocycles. The van der Waals surface area contributed by atoms with Crippen molar-refractivity contribution in [2.75, 3.05) is 19.6 Å². The van der Waals surface area contributed by atoms with Crippen LogP contribution in [0.3, 0.4) is 0 Å². The van der Waals surface area contributed by atoms with Gasteiger partial charge in [-0.25, -0.2) is 0 Å². The zero-order valence-electron chi connectivity index (χ0n) is 14.9. The van der Waals surface area contributed by atoms with E-state index in [0.717, 1.165) is 43.7 Å². The van der Waals surface area contributed by atoms with Crippen molar-refractivity contribution in [2.45, 2.75) is 38.6 Å². The molecule has 0 spiro atoms. The average Bonchev–Trinajstić information content (AvgIpc) is 3.41. The number of carbonyl (C=O) groups is 2. The van der Waals surface area contributed by atoms with Gasteiger partial charge in [0.1, 0.15) is 6.26 Å². The van der Waals surface area contributed by atoms with Gasteiger partial charge in [-0.1, -0.05) is 5.16 Å². The normalized spacial score (nSPS) is 23.4. The maximum absolute atomic E-state index is 13.2. The first-order chi connectivity index (χ1) is 12.6. The van der Waals surface area contributed by atoms with E-state index in [0.29, 0.717) is 18.7 Å². The van der Waals surface area contributed by atoms with Crippen molar-refractivity contribution in [1.29, 1.82) is 0 Å². The summed E-state index contributed by atoms with van der Waals surface area (Å²) in [5.74, 6) is 0.644. The highest BCUT2D eigenvalue weighted by atomic mass is 16.5. The van der Waals surface area contributed by atoms with E-state index in [9.17, 15) is 9.59 Å². The van der Waals surface area contributed by atoms with Gasteiger partial charge in [-0.2, -0.15) is 0 Å². The lowest BCUT2D eigenvalue weighted by molar-refractivity contribution is -0.138. The summed E-state index contributed by atoms with van der Waals surface area (Å²) >= 11 is 0. The first-order valence-electron chi connectivity index (χ1n) is 9.18. The lowest BCUT2D eigenvalue weighted by atomic mass is 9.95. The maximum Gasteiger partial charge on any atom is 0.257 e. The van der Waals surface area contributed by atoms with Crippen LogP contribution in [0.2, 0.25) is 0 Å². The van der Waals surface area contributed by atoms with Crippen molar-refractivity contribution in [2.24, 2.45) is 5.92 Å². The van der Waals surface area contributed by atoms with Gasteiger partial charge in [0.25, 0.3) is 5.91 Å². The van der Waals surface area contributed by atoms with Crippen LogP contribution >= 0.6 is 0 Å². The van der Waals surface area contributed by atoms with Gasteiger partial charge in [-0.05, 0) is 38.7 Å². The fourth-order valence-electron chi connectivity index (χ4n) is 4.03. The van der Waals surface area contributed by atoms with Gasteiger partial charge in [0.15, 0.2) is 5.76 Å². The zero-order valence-corrected chi connectivity index (χ0v) is 14.9. The van der Waals surface area contributed by atoms with Gasteiger partial charge < -0.3 is 18.7 Å². The van der Waals surface area contributed by atoms with E-state index >= 15 is 0 Å². The van der Waals surface area contributed by atoms with Gasteiger partial charge in [0.2, 0.25) is 5.91 Å². The lowest BCUT2D eigenvalue weighted by Crippen LogP contribution is -2.46. The second-order valence-electron chi connectivity index (χ2n) is 7.16. The highest BCUT2D eigenvalue weighted by Gasteiger charge is 2.38. The fourth-order valence-corrected chi connectivity index (χ4v) is 4.03. The van der Waals surface area contributed by atoms with Crippen LogP contribution in [0, 0.1) is 12.8 Å². The number of rotatable bonds is 3. The number of nitrogens with zero attached hydrogens (tertiary/aromatic N) is 3. The van der Waals surface area contributed by atoms with E-state index in [4.69, 9.17) is 8.94 Å². The summed E-state index contributed by atoms with van der Waals surface area (Å²) in [7, 11) is 0. The fraction of sp³-hybridized carbons (Fsp3) is 0.526. The molecule has 2 aliphatic heterocycles. The molecule has 2 aliphatic rings. The van der Waals surface area contributed by atoms with E-state index < -0.39 is 0 Å². The molecule has 4 heterocycles. The summed E-state index contributed by atoms with van der Waals surface area (Å²) < 4.78 is 10.4. The standard InChI is InChI=1S/C19H23N3O4/c1-13-10-17(26-20-13)16-5-3-8-22(16)19(24)14-4-2-7-21(11-14)18(23)15-6-9-25-12-15/h6,9-10,12,14,16H,2-5,7-8,11H2,1H3/t14-,16-/m0/s1. The molecule has 0 radical (unpaired) electrons. The largest absolute Gasteiger partial charge is 0.472 e. The molecule has 2 aromatic rings. The first-order valence-corrected chi connectivity index (χ1v) is 9.18. The van der Waals surface area contributed by atoms with Gasteiger partial charge in [0.05, 0.1) is 29.5 Å². The number of amides is 2. The van der Waals surface area contributed by atoms with Crippen LogP contribution in [0.1, 0.15) is 53.5 Å². The van der Waals surface area contributed by atoms with Crippen molar-refractivity contribution in [3.05, 3.63) is 41.7 Å². The van der Waals surface area contributed by atoms with Crippen LogP contribution in [-0.2, 0) is 4.79 Å². The highest BCUT2D eigenvalue weighted by Crippen LogP contribution is 2.34. The number of carbonyl (C=O) groups excluding carboxylic acids is 2. The van der Waals surface area contributed by atoms with E-state index in [1.165, 1.54) is 12.5 Å². The molecule has 0 bridgehead atoms. The van der Waals surface area contributed by atoms with E-state index in [1.807, 2.05) is 17.9 Å². The quantitative estimate of drug-likeness (QED) is 0.844. The molecular formula is C19H23N3O4. The number of aryl methyl sites for hydroxylation is 1. The topological polar surface area (TPSA) is 79.8 Å². The molecule has 2 amide bonds. The number of likely N-dealkylation sites (tertiary alicyclic amines) is 2. The number of furan rings is 1. The smallest absolute Gasteiger partial charge is 0.257 e. The summed E-state index contributed by atoms with van der Waals surface area (Å²) in [4.78, 5) is 29.4. The van der Waals surface area contributed by atoms with Crippen molar-refractivity contribution >= 4 is 11.8 Å². The highest BCUT2D eigenvalue weighted by molar-refractivity contribution is 5.94. The van der Waals surface area contributed by atoms with Crippen LogP contribution < -0.4 is 0 Å². The van der Waals surface area contributed by atoms with Gasteiger partial charge in [-0.15, -0.1) is 0 Å². The molecule has 2 aromatic heterocycles. The van der Waals surface area contributed by atoms with E-state index in [1.54, 1.807) is 11.0 Å². The number of aromatic nitrogens is 1. The monoisotopic (exact) mass is 357 g/mol. The van der Waals surface area contributed by atoms with E-state index in [2.05, 4.69) is 5.16 Å².